The SMILES string of the molecule is CCn1nc(CNC)cc1C1CCC1. The summed E-state index contributed by atoms with van der Waals surface area (Å²) < 4.78 is 2.16. The van der Waals surface area contributed by atoms with Crippen LogP contribution in [0.1, 0.15) is 43.5 Å². The second-order valence-corrected chi connectivity index (χ2v) is 4.03. The number of nitrogens with one attached hydrogen (secondary N) is 1. The van der Waals surface area contributed by atoms with Crippen molar-refractivity contribution < 1.29 is 0 Å². The lowest BCUT2D eigenvalue weighted by Gasteiger charge is -2.25. The molecule has 1 heterocycles. The average molecular weight is 193 g/mol. The van der Waals surface area contributed by atoms with Crippen molar-refractivity contribution in [1.82, 2.24) is 15.1 Å². The molecular formula is C11H19N3. The number of nitrogens with zero attached hydrogens (tertiary/aromatic N) is 2. The monoisotopic (exact) mass is 193 g/mol. The highest BCUT2D eigenvalue weighted by atomic mass is 15.3. The Morgan fingerprint density at radius 2 is 2.36 bits per heavy atom. The lowest BCUT2D eigenvalue weighted by atomic mass is 9.83. The largest absolute Gasteiger partial charge is 0.314 e. The molecule has 1 aromatic rings. The van der Waals surface area contributed by atoms with Crippen LogP contribution in [-0.2, 0) is 13.1 Å². The van der Waals surface area contributed by atoms with E-state index in [2.05, 4.69) is 28.1 Å². The van der Waals surface area contributed by atoms with Gasteiger partial charge in [0.2, 0.25) is 0 Å². The van der Waals surface area contributed by atoms with E-state index in [0.717, 1.165) is 19.0 Å². The number of aromatic nitrogens is 2. The molecule has 3 nitrogen and oxygen atoms in total. The molecule has 0 unspecified atom stereocenters. The molecule has 78 valence electrons. The Morgan fingerprint density at radius 1 is 1.57 bits per heavy atom. The topological polar surface area (TPSA) is 29.9 Å². The van der Waals surface area contributed by atoms with E-state index < -0.39 is 0 Å². The molecule has 0 amide bonds. The molecule has 1 aliphatic carbocycles. The molecule has 0 atom stereocenters. The second kappa shape index (κ2) is 4.13. The van der Waals surface area contributed by atoms with Crippen molar-refractivity contribution in [1.29, 1.82) is 0 Å². The standard InChI is InChI=1S/C11H19N3/c1-3-14-11(9-5-4-6-9)7-10(13-14)8-12-2/h7,9,12H,3-6,8H2,1-2H3. The summed E-state index contributed by atoms with van der Waals surface area (Å²) >= 11 is 0. The highest BCUT2D eigenvalue weighted by molar-refractivity contribution is 5.17. The van der Waals surface area contributed by atoms with E-state index in [9.17, 15) is 0 Å². The molecule has 0 aromatic carbocycles. The predicted octanol–water partition coefficient (Wildman–Crippen LogP) is 1.89. The van der Waals surface area contributed by atoms with Gasteiger partial charge in [0.1, 0.15) is 0 Å². The van der Waals surface area contributed by atoms with Gasteiger partial charge in [0.05, 0.1) is 5.69 Å². The summed E-state index contributed by atoms with van der Waals surface area (Å²) in [6.45, 7) is 4.04. The van der Waals surface area contributed by atoms with E-state index in [-0.39, 0.29) is 0 Å². The van der Waals surface area contributed by atoms with Crippen LogP contribution in [-0.4, -0.2) is 16.8 Å². The van der Waals surface area contributed by atoms with E-state index in [1.807, 2.05) is 7.05 Å². The number of hydrogen-bond acceptors (Lipinski definition) is 2. The van der Waals surface area contributed by atoms with Gasteiger partial charge in [-0.15, -0.1) is 0 Å². The Labute approximate surface area is 85.5 Å². The normalized spacial score (nSPS) is 17.0. The third kappa shape index (κ3) is 1.69. The molecule has 0 spiro atoms. The molecule has 0 saturated heterocycles. The summed E-state index contributed by atoms with van der Waals surface area (Å²) in [7, 11) is 1.97. The van der Waals surface area contributed by atoms with Crippen molar-refractivity contribution in [2.24, 2.45) is 0 Å². The highest BCUT2D eigenvalue weighted by Crippen LogP contribution is 2.36. The van der Waals surface area contributed by atoms with Crippen molar-refractivity contribution in [3.63, 3.8) is 0 Å². The Balaban J connectivity index is 2.18. The van der Waals surface area contributed by atoms with E-state index in [4.69, 9.17) is 0 Å². The fourth-order valence-electron chi connectivity index (χ4n) is 2.04. The van der Waals surface area contributed by atoms with Crippen LogP contribution in [0.4, 0.5) is 0 Å². The van der Waals surface area contributed by atoms with E-state index in [0.29, 0.717) is 0 Å². The molecule has 0 aliphatic heterocycles. The van der Waals surface area contributed by atoms with Crippen LogP contribution in [0.3, 0.4) is 0 Å². The highest BCUT2D eigenvalue weighted by Gasteiger charge is 2.23. The first-order valence-corrected chi connectivity index (χ1v) is 5.56. The molecule has 2 rings (SSSR count). The van der Waals surface area contributed by atoms with Crippen LogP contribution in [0.5, 0.6) is 0 Å². The minimum Gasteiger partial charge on any atom is -0.314 e. The number of aryl methyl sites for hydroxylation is 1. The summed E-state index contributed by atoms with van der Waals surface area (Å²) in [6.07, 6.45) is 4.09. The number of hydrogen-bond donors (Lipinski definition) is 1. The van der Waals surface area contributed by atoms with Crippen LogP contribution in [0.15, 0.2) is 6.07 Å². The van der Waals surface area contributed by atoms with E-state index >= 15 is 0 Å². The first kappa shape index (κ1) is 9.71. The van der Waals surface area contributed by atoms with Crippen molar-refractivity contribution >= 4 is 0 Å². The zero-order chi connectivity index (χ0) is 9.97. The maximum Gasteiger partial charge on any atom is 0.0765 e. The van der Waals surface area contributed by atoms with Gasteiger partial charge in [0.15, 0.2) is 0 Å². The fraction of sp³-hybridized carbons (Fsp3) is 0.727. The molecule has 1 aliphatic rings. The van der Waals surface area contributed by atoms with Gasteiger partial charge in [-0.2, -0.15) is 5.10 Å². The summed E-state index contributed by atoms with van der Waals surface area (Å²) in [4.78, 5) is 0. The molecule has 3 heteroatoms. The minimum absolute atomic E-state index is 0.785. The third-order valence-corrected chi connectivity index (χ3v) is 3.04. The van der Waals surface area contributed by atoms with Gasteiger partial charge >= 0.3 is 0 Å². The van der Waals surface area contributed by atoms with Gasteiger partial charge in [0.25, 0.3) is 0 Å². The smallest absolute Gasteiger partial charge is 0.0765 e. The molecular weight excluding hydrogens is 174 g/mol. The Hall–Kier alpha value is -0.830. The van der Waals surface area contributed by atoms with E-state index in [1.165, 1.54) is 30.7 Å². The predicted molar refractivity (Wildman–Crippen MR) is 57.3 cm³/mol. The summed E-state index contributed by atoms with van der Waals surface area (Å²) in [5.74, 6) is 0.785. The van der Waals surface area contributed by atoms with Gasteiger partial charge < -0.3 is 5.32 Å². The zero-order valence-electron chi connectivity index (χ0n) is 9.08. The Kier molecular flexibility index (Phi) is 2.87. The minimum atomic E-state index is 0.785. The van der Waals surface area contributed by atoms with Crippen LogP contribution < -0.4 is 5.32 Å². The number of rotatable bonds is 4. The van der Waals surface area contributed by atoms with Crippen molar-refractivity contribution in [2.45, 2.75) is 45.2 Å². The molecule has 1 N–H and O–H groups in total. The third-order valence-electron chi connectivity index (χ3n) is 3.04. The summed E-state index contributed by atoms with van der Waals surface area (Å²) in [5.41, 5.74) is 2.63. The van der Waals surface area contributed by atoms with Crippen LogP contribution in [0.25, 0.3) is 0 Å². The Bertz CT molecular complexity index is 299. The molecule has 1 aromatic heterocycles. The van der Waals surface area contributed by atoms with Gasteiger partial charge in [-0.05, 0) is 32.9 Å². The van der Waals surface area contributed by atoms with Crippen LogP contribution in [0.2, 0.25) is 0 Å². The molecule has 1 saturated carbocycles. The van der Waals surface area contributed by atoms with Gasteiger partial charge in [0, 0.05) is 24.7 Å². The van der Waals surface area contributed by atoms with Gasteiger partial charge in [-0.3, -0.25) is 4.68 Å². The van der Waals surface area contributed by atoms with Crippen molar-refractivity contribution in [3.05, 3.63) is 17.5 Å². The quantitative estimate of drug-likeness (QED) is 0.791. The summed E-state index contributed by atoms with van der Waals surface area (Å²) in [5, 5.41) is 7.72. The average Bonchev–Trinajstić information content (AvgIpc) is 2.46. The van der Waals surface area contributed by atoms with Crippen LogP contribution >= 0.6 is 0 Å². The molecule has 14 heavy (non-hydrogen) atoms. The zero-order valence-corrected chi connectivity index (χ0v) is 9.08. The van der Waals surface area contributed by atoms with Crippen molar-refractivity contribution in [3.8, 4) is 0 Å². The molecule has 0 bridgehead atoms. The maximum atomic E-state index is 4.58. The molecule has 1 fully saturated rings. The maximum absolute atomic E-state index is 4.58. The van der Waals surface area contributed by atoms with Gasteiger partial charge in [-0.25, -0.2) is 0 Å². The lowest BCUT2D eigenvalue weighted by molar-refractivity contribution is 0.390. The first-order valence-electron chi connectivity index (χ1n) is 5.56. The summed E-state index contributed by atoms with van der Waals surface area (Å²) in [6, 6.07) is 2.27. The van der Waals surface area contributed by atoms with E-state index in [1.54, 1.807) is 0 Å². The first-order chi connectivity index (χ1) is 6.85. The van der Waals surface area contributed by atoms with Gasteiger partial charge in [-0.1, -0.05) is 6.42 Å². The van der Waals surface area contributed by atoms with Crippen LogP contribution in [0, 0.1) is 0 Å². The van der Waals surface area contributed by atoms with Crippen molar-refractivity contribution in [2.75, 3.05) is 7.05 Å². The Morgan fingerprint density at radius 3 is 2.86 bits per heavy atom. The second-order valence-electron chi connectivity index (χ2n) is 4.03. The lowest BCUT2D eigenvalue weighted by Crippen LogP contribution is -2.14. The molecule has 0 radical (unpaired) electrons. The fourth-order valence-corrected chi connectivity index (χ4v) is 2.04.